The maximum atomic E-state index is 12.2. The van der Waals surface area contributed by atoms with Crippen LogP contribution in [0.2, 0.25) is 0 Å². The average Bonchev–Trinajstić information content (AvgIpc) is 3.02. The van der Waals surface area contributed by atoms with E-state index in [1.807, 2.05) is 0 Å². The molecule has 0 spiro atoms. The number of rotatable bonds is 36. The molecule has 9 nitrogen and oxygen atoms in total. The largest absolute Gasteiger partial charge is 0.356 e. The van der Waals surface area contributed by atoms with E-state index in [1.165, 1.54) is 51.4 Å². The van der Waals surface area contributed by atoms with Crippen LogP contribution < -0.4 is 32.3 Å². The quantitative estimate of drug-likeness (QED) is 0.0558. The summed E-state index contributed by atoms with van der Waals surface area (Å²) in [6, 6.07) is 0. The van der Waals surface area contributed by atoms with Gasteiger partial charge < -0.3 is 37.2 Å². The molecule has 0 heterocycles. The van der Waals surface area contributed by atoms with Gasteiger partial charge in [0, 0.05) is 25.9 Å². The first-order valence-corrected chi connectivity index (χ1v) is 18.7. The number of carbonyl (C=O) groups is 2. The summed E-state index contributed by atoms with van der Waals surface area (Å²) in [5.74, 6) is 0.388. The zero-order valence-corrected chi connectivity index (χ0v) is 29.3. The van der Waals surface area contributed by atoms with Crippen molar-refractivity contribution in [1.82, 2.24) is 31.5 Å². The van der Waals surface area contributed by atoms with Crippen LogP contribution in [0.25, 0.3) is 0 Å². The maximum Gasteiger partial charge on any atom is 0.219 e. The van der Waals surface area contributed by atoms with Crippen LogP contribution in [-0.4, -0.2) is 95.3 Å². The molecule has 0 aromatic rings. The molecule has 9 heteroatoms. The average molecular weight is 626 g/mol. The zero-order valence-electron chi connectivity index (χ0n) is 29.3. The lowest BCUT2D eigenvalue weighted by molar-refractivity contribution is -0.122. The van der Waals surface area contributed by atoms with Crippen molar-refractivity contribution in [3.8, 4) is 0 Å². The molecule has 0 saturated heterocycles. The Labute approximate surface area is 272 Å². The Morgan fingerprint density at radius 2 is 0.841 bits per heavy atom. The van der Waals surface area contributed by atoms with E-state index < -0.39 is 0 Å². The van der Waals surface area contributed by atoms with Crippen LogP contribution in [0, 0.1) is 0 Å². The number of hydrogen-bond acceptors (Lipinski definition) is 7. The third-order valence-corrected chi connectivity index (χ3v) is 8.01. The molecular weight excluding hydrogens is 550 g/mol. The molecule has 262 valence electrons. The summed E-state index contributed by atoms with van der Waals surface area (Å²) in [7, 11) is 0. The van der Waals surface area contributed by atoms with Gasteiger partial charge in [0.05, 0.1) is 0 Å². The zero-order chi connectivity index (χ0) is 32.2. The minimum absolute atomic E-state index is 0.194. The van der Waals surface area contributed by atoms with E-state index in [9.17, 15) is 9.59 Å². The predicted octanol–water partition coefficient (Wildman–Crippen LogP) is 4.70. The summed E-state index contributed by atoms with van der Waals surface area (Å²) in [6.45, 7) is 16.0. The van der Waals surface area contributed by atoms with Gasteiger partial charge in [-0.05, 0) is 123 Å². The van der Waals surface area contributed by atoms with Gasteiger partial charge in [-0.1, -0.05) is 65.2 Å². The van der Waals surface area contributed by atoms with E-state index >= 15 is 0 Å². The highest BCUT2D eigenvalue weighted by atomic mass is 16.2. The standard InChI is InChI=1S/C35H75N7O2/c1-3-5-7-9-11-20-34(43)40-29-18-32-42(33-19-30-41-35(44)21-12-10-8-6-4-2)31-17-28-39-27-16-26-38-24-14-13-23-37-25-15-22-36/h37-39H,3-33,36H2,1-2H3,(H,40,43)(H,41,44). The fraction of sp³-hybridized carbons (Fsp3) is 0.943. The van der Waals surface area contributed by atoms with E-state index in [2.05, 4.69) is 45.3 Å². The van der Waals surface area contributed by atoms with E-state index in [4.69, 9.17) is 5.73 Å². The third-order valence-electron chi connectivity index (χ3n) is 8.01. The molecule has 0 aliphatic heterocycles. The van der Waals surface area contributed by atoms with E-state index in [1.54, 1.807) is 0 Å². The van der Waals surface area contributed by atoms with Crippen LogP contribution >= 0.6 is 0 Å². The topological polar surface area (TPSA) is 124 Å². The second-order valence-corrected chi connectivity index (χ2v) is 12.4. The number of nitrogens with zero attached hydrogens (tertiary/aromatic N) is 1. The monoisotopic (exact) mass is 626 g/mol. The maximum absolute atomic E-state index is 12.2. The summed E-state index contributed by atoms with van der Waals surface area (Å²) in [6.07, 6.45) is 20.8. The molecule has 0 aromatic carbocycles. The molecule has 0 rings (SSSR count). The first kappa shape index (κ1) is 42.7. The Morgan fingerprint density at radius 3 is 1.30 bits per heavy atom. The minimum atomic E-state index is 0.194. The summed E-state index contributed by atoms with van der Waals surface area (Å²) in [5, 5.41) is 16.8. The van der Waals surface area contributed by atoms with Gasteiger partial charge in [-0.2, -0.15) is 0 Å². The van der Waals surface area contributed by atoms with Crippen molar-refractivity contribution in [2.75, 3.05) is 78.5 Å². The minimum Gasteiger partial charge on any atom is -0.356 e. The Hall–Kier alpha value is -1.26. The number of hydrogen-bond donors (Lipinski definition) is 6. The van der Waals surface area contributed by atoms with Gasteiger partial charge in [-0.25, -0.2) is 0 Å². The Morgan fingerprint density at radius 1 is 0.455 bits per heavy atom. The highest BCUT2D eigenvalue weighted by Gasteiger charge is 2.07. The molecule has 0 atom stereocenters. The smallest absolute Gasteiger partial charge is 0.219 e. The Kier molecular flexibility index (Phi) is 35.2. The van der Waals surface area contributed by atoms with Crippen molar-refractivity contribution in [3.05, 3.63) is 0 Å². The van der Waals surface area contributed by atoms with Crippen molar-refractivity contribution < 1.29 is 9.59 Å². The molecule has 7 N–H and O–H groups in total. The highest BCUT2D eigenvalue weighted by Crippen LogP contribution is 2.06. The molecule has 0 bridgehead atoms. The Balaban J connectivity index is 4.07. The summed E-state index contributed by atoms with van der Waals surface area (Å²) in [5.41, 5.74) is 5.51. The number of carbonyl (C=O) groups excluding carboxylic acids is 2. The number of nitrogens with two attached hydrogens (primary N) is 1. The molecule has 0 aliphatic carbocycles. The van der Waals surface area contributed by atoms with Crippen LogP contribution in [0.3, 0.4) is 0 Å². The van der Waals surface area contributed by atoms with Gasteiger partial charge in [0.2, 0.25) is 11.8 Å². The van der Waals surface area contributed by atoms with E-state index in [0.717, 1.165) is 136 Å². The first-order valence-electron chi connectivity index (χ1n) is 18.7. The SMILES string of the molecule is CCCCCCCC(=O)NCCCN(CCCNCCCNCCCCNCCCN)CCCNC(=O)CCCCCCC. The van der Waals surface area contributed by atoms with Crippen molar-refractivity contribution in [3.63, 3.8) is 0 Å². The summed E-state index contributed by atoms with van der Waals surface area (Å²) in [4.78, 5) is 26.8. The predicted molar refractivity (Wildman–Crippen MR) is 189 cm³/mol. The second-order valence-electron chi connectivity index (χ2n) is 12.4. The van der Waals surface area contributed by atoms with Crippen molar-refractivity contribution in [1.29, 1.82) is 0 Å². The molecule has 44 heavy (non-hydrogen) atoms. The molecule has 0 fully saturated rings. The first-order chi connectivity index (χ1) is 21.6. The molecule has 0 aromatic heterocycles. The van der Waals surface area contributed by atoms with Crippen LogP contribution in [0.5, 0.6) is 0 Å². The van der Waals surface area contributed by atoms with Crippen LogP contribution in [0.15, 0.2) is 0 Å². The van der Waals surface area contributed by atoms with Crippen molar-refractivity contribution in [2.45, 2.75) is 136 Å². The lowest BCUT2D eigenvalue weighted by atomic mass is 10.1. The summed E-state index contributed by atoms with van der Waals surface area (Å²) < 4.78 is 0. The lowest BCUT2D eigenvalue weighted by Gasteiger charge is -2.22. The van der Waals surface area contributed by atoms with Gasteiger partial charge in [0.1, 0.15) is 0 Å². The highest BCUT2D eigenvalue weighted by molar-refractivity contribution is 5.76. The van der Waals surface area contributed by atoms with Crippen LogP contribution in [0.1, 0.15) is 136 Å². The van der Waals surface area contributed by atoms with Crippen LogP contribution in [0.4, 0.5) is 0 Å². The van der Waals surface area contributed by atoms with Crippen molar-refractivity contribution >= 4 is 11.8 Å². The van der Waals surface area contributed by atoms with Gasteiger partial charge in [-0.3, -0.25) is 9.59 Å². The molecule has 0 aliphatic rings. The van der Waals surface area contributed by atoms with Gasteiger partial charge >= 0.3 is 0 Å². The summed E-state index contributed by atoms with van der Waals surface area (Å²) >= 11 is 0. The molecule has 0 unspecified atom stereocenters. The van der Waals surface area contributed by atoms with Gasteiger partial charge in [0.15, 0.2) is 0 Å². The lowest BCUT2D eigenvalue weighted by Crippen LogP contribution is -2.34. The number of amides is 2. The van der Waals surface area contributed by atoms with E-state index in [0.29, 0.717) is 12.8 Å². The Bertz CT molecular complexity index is 576. The molecule has 0 saturated carbocycles. The normalized spacial score (nSPS) is 11.4. The second kappa shape index (κ2) is 36.2. The molecule has 0 radical (unpaired) electrons. The molecule has 2 amide bonds. The van der Waals surface area contributed by atoms with Crippen LogP contribution in [-0.2, 0) is 9.59 Å². The van der Waals surface area contributed by atoms with Gasteiger partial charge in [-0.15, -0.1) is 0 Å². The van der Waals surface area contributed by atoms with Crippen molar-refractivity contribution in [2.24, 2.45) is 5.73 Å². The third kappa shape index (κ3) is 33.6. The number of nitrogens with one attached hydrogen (secondary N) is 5. The fourth-order valence-electron chi connectivity index (χ4n) is 5.22. The van der Waals surface area contributed by atoms with Gasteiger partial charge in [0.25, 0.3) is 0 Å². The molecular formula is C35H75N7O2. The van der Waals surface area contributed by atoms with E-state index in [-0.39, 0.29) is 11.8 Å². The fourth-order valence-corrected chi connectivity index (χ4v) is 5.22. The number of unbranched alkanes of at least 4 members (excludes halogenated alkanes) is 9.